The zero-order valence-electron chi connectivity index (χ0n) is 19.1. The highest BCUT2D eigenvalue weighted by Crippen LogP contribution is 2.31. The summed E-state index contributed by atoms with van der Waals surface area (Å²) < 4.78 is 34.9. The van der Waals surface area contributed by atoms with E-state index in [1.54, 1.807) is 12.1 Å². The molecule has 0 atom stereocenters. The first-order chi connectivity index (χ1) is 16.8. The third kappa shape index (κ3) is 7.75. The Balaban J connectivity index is 1.51. The second-order valence-electron chi connectivity index (χ2n) is 8.49. The molecule has 4 rings (SSSR count). The molecule has 2 aromatic carbocycles. The number of rotatable bonds is 11. The van der Waals surface area contributed by atoms with Gasteiger partial charge in [-0.3, -0.25) is 14.5 Å². The molecule has 0 spiro atoms. The number of nitrogens with zero attached hydrogens (tertiary/aromatic N) is 1. The van der Waals surface area contributed by atoms with Gasteiger partial charge in [-0.15, -0.1) is 0 Å². The van der Waals surface area contributed by atoms with Gasteiger partial charge in [0.25, 0.3) is 5.91 Å². The van der Waals surface area contributed by atoms with Gasteiger partial charge in [-0.1, -0.05) is 11.6 Å². The smallest absolute Gasteiger partial charge is 0.276 e. The Hall–Kier alpha value is -1.48. The number of carbonyl (C=O) groups excluding carboxylic acids is 1. The van der Waals surface area contributed by atoms with Gasteiger partial charge in [0.05, 0.1) is 46.7 Å². The first-order valence-corrected chi connectivity index (χ1v) is 14.3. The fourth-order valence-electron chi connectivity index (χ4n) is 3.54. The number of carbonyl (C=O) groups is 1. The van der Waals surface area contributed by atoms with Gasteiger partial charge in [0, 0.05) is 29.7 Å². The lowest BCUT2D eigenvalue weighted by Gasteiger charge is -2.26. The number of nitrogens with one attached hydrogen (secondary N) is 3. The number of halogens is 2. The van der Waals surface area contributed by atoms with E-state index in [0.717, 1.165) is 29.5 Å². The van der Waals surface area contributed by atoms with Crippen LogP contribution in [0.5, 0.6) is 0 Å². The largest absolute Gasteiger partial charge is 0.379 e. The molecule has 0 unspecified atom stereocenters. The maximum absolute atomic E-state index is 13.0. The third-order valence-electron chi connectivity index (χ3n) is 5.75. The normalized spacial score (nSPS) is 16.7. The summed E-state index contributed by atoms with van der Waals surface area (Å²) in [5.41, 5.74) is 3.55. The highest BCUT2D eigenvalue weighted by molar-refractivity contribution is 14.1. The van der Waals surface area contributed by atoms with Crippen LogP contribution in [0.2, 0.25) is 5.02 Å². The Bertz CT molecular complexity index is 1160. The molecule has 9 nitrogen and oxygen atoms in total. The van der Waals surface area contributed by atoms with E-state index < -0.39 is 15.9 Å². The number of hydroxylamine groups is 1. The zero-order chi connectivity index (χ0) is 24.8. The highest BCUT2D eigenvalue weighted by atomic mass is 127. The van der Waals surface area contributed by atoms with Crippen LogP contribution >= 0.6 is 34.2 Å². The molecule has 1 aliphatic carbocycles. The number of anilines is 2. The Kier molecular flexibility index (Phi) is 9.24. The van der Waals surface area contributed by atoms with Gasteiger partial charge in [0.2, 0.25) is 10.0 Å². The van der Waals surface area contributed by atoms with Crippen LogP contribution in [0.25, 0.3) is 0 Å². The SMILES string of the molecule is O=C(NOCC1CC1)c1ccc(S(=O)(=O)NCCN2CCOCC2)cc1Nc1ccc(I)cc1Cl. The predicted molar refractivity (Wildman–Crippen MR) is 142 cm³/mol. The third-order valence-corrected chi connectivity index (χ3v) is 8.19. The van der Waals surface area contributed by atoms with E-state index in [4.69, 9.17) is 21.2 Å². The standard InChI is InChI=1S/C23H28ClIN4O5S/c24-20-13-17(25)3-6-21(20)27-22-14-18(4-5-19(22)23(30)28-34-15-16-1-2-16)35(31,32)26-7-8-29-9-11-33-12-10-29/h3-6,13-14,16,26-27H,1-2,7-12,15H2,(H,28,30). The average Bonchev–Trinajstić information content (AvgIpc) is 3.66. The van der Waals surface area contributed by atoms with Crippen molar-refractivity contribution in [2.45, 2.75) is 17.7 Å². The molecule has 35 heavy (non-hydrogen) atoms. The summed E-state index contributed by atoms with van der Waals surface area (Å²) in [6.45, 7) is 4.17. The van der Waals surface area contributed by atoms with Gasteiger partial charge in [-0.05, 0) is 77.7 Å². The number of sulfonamides is 1. The molecule has 2 aliphatic rings. The van der Waals surface area contributed by atoms with Crippen LogP contribution in [0.3, 0.4) is 0 Å². The Labute approximate surface area is 224 Å². The molecule has 1 saturated heterocycles. The Morgan fingerprint density at radius 1 is 1.14 bits per heavy atom. The maximum atomic E-state index is 13.0. The van der Waals surface area contributed by atoms with Gasteiger partial charge in [0.1, 0.15) is 0 Å². The van der Waals surface area contributed by atoms with Crippen LogP contribution in [0.4, 0.5) is 11.4 Å². The summed E-state index contributed by atoms with van der Waals surface area (Å²) in [6.07, 6.45) is 2.19. The molecule has 1 amide bonds. The molecular formula is C23H28ClIN4O5S. The van der Waals surface area contributed by atoms with E-state index in [1.807, 2.05) is 6.07 Å². The summed E-state index contributed by atoms with van der Waals surface area (Å²) in [5, 5.41) is 3.56. The van der Waals surface area contributed by atoms with Crippen LogP contribution in [0, 0.1) is 9.49 Å². The molecule has 12 heteroatoms. The number of amides is 1. The fraction of sp³-hybridized carbons (Fsp3) is 0.435. The lowest BCUT2D eigenvalue weighted by atomic mass is 10.1. The Morgan fingerprint density at radius 3 is 2.63 bits per heavy atom. The molecule has 0 aromatic heterocycles. The summed E-state index contributed by atoms with van der Waals surface area (Å²) in [6, 6.07) is 9.72. The number of hydrogen-bond acceptors (Lipinski definition) is 7. The van der Waals surface area contributed by atoms with Gasteiger partial charge in [-0.25, -0.2) is 18.6 Å². The molecule has 1 heterocycles. The van der Waals surface area contributed by atoms with E-state index in [1.165, 1.54) is 18.2 Å². The van der Waals surface area contributed by atoms with Gasteiger partial charge in [-0.2, -0.15) is 0 Å². The lowest BCUT2D eigenvalue weighted by molar-refractivity contribution is 0.0271. The monoisotopic (exact) mass is 634 g/mol. The van der Waals surface area contributed by atoms with Crippen molar-refractivity contribution in [1.82, 2.24) is 15.1 Å². The van der Waals surface area contributed by atoms with E-state index in [0.29, 0.717) is 48.7 Å². The maximum Gasteiger partial charge on any atom is 0.276 e. The van der Waals surface area contributed by atoms with Crippen molar-refractivity contribution in [1.29, 1.82) is 0 Å². The van der Waals surface area contributed by atoms with Crippen LogP contribution in [0.15, 0.2) is 41.3 Å². The summed E-state index contributed by atoms with van der Waals surface area (Å²) in [5.74, 6) is 0.00792. The van der Waals surface area contributed by atoms with Crippen LogP contribution in [-0.2, 0) is 19.6 Å². The second kappa shape index (κ2) is 12.2. The molecule has 1 saturated carbocycles. The van der Waals surface area contributed by atoms with Crippen molar-refractivity contribution < 1.29 is 22.8 Å². The number of hydrogen-bond donors (Lipinski definition) is 3. The van der Waals surface area contributed by atoms with Crippen LogP contribution in [0.1, 0.15) is 23.2 Å². The minimum Gasteiger partial charge on any atom is -0.379 e. The highest BCUT2D eigenvalue weighted by Gasteiger charge is 2.23. The van der Waals surface area contributed by atoms with Crippen molar-refractivity contribution in [2.75, 3.05) is 51.3 Å². The molecule has 3 N–H and O–H groups in total. The second-order valence-corrected chi connectivity index (χ2v) is 11.9. The molecule has 2 fully saturated rings. The van der Waals surface area contributed by atoms with Crippen LogP contribution < -0.4 is 15.5 Å². The molecule has 190 valence electrons. The van der Waals surface area contributed by atoms with Gasteiger partial charge < -0.3 is 10.1 Å². The minimum atomic E-state index is -3.80. The summed E-state index contributed by atoms with van der Waals surface area (Å²) >= 11 is 8.52. The van der Waals surface area contributed by atoms with Crippen LogP contribution in [-0.4, -0.2) is 65.2 Å². The summed E-state index contributed by atoms with van der Waals surface area (Å²) in [4.78, 5) is 20.3. The van der Waals surface area contributed by atoms with Crippen molar-refractivity contribution in [3.05, 3.63) is 50.6 Å². The topological polar surface area (TPSA) is 109 Å². The molecule has 2 aromatic rings. The molecular weight excluding hydrogens is 607 g/mol. The van der Waals surface area contributed by atoms with E-state index in [2.05, 4.69) is 43.0 Å². The van der Waals surface area contributed by atoms with E-state index in [9.17, 15) is 13.2 Å². The van der Waals surface area contributed by atoms with Crippen molar-refractivity contribution in [3.63, 3.8) is 0 Å². The first kappa shape index (κ1) is 26.6. The number of ether oxygens (including phenoxy) is 1. The van der Waals surface area contributed by atoms with Crippen molar-refractivity contribution >= 4 is 61.5 Å². The van der Waals surface area contributed by atoms with Gasteiger partial charge in [0.15, 0.2) is 0 Å². The van der Waals surface area contributed by atoms with Gasteiger partial charge >= 0.3 is 0 Å². The minimum absolute atomic E-state index is 0.0408. The Morgan fingerprint density at radius 2 is 1.91 bits per heavy atom. The molecule has 0 bridgehead atoms. The first-order valence-electron chi connectivity index (χ1n) is 11.4. The van der Waals surface area contributed by atoms with Crippen molar-refractivity contribution in [2.24, 2.45) is 5.92 Å². The predicted octanol–water partition coefficient (Wildman–Crippen LogP) is 3.37. The number of morpholine rings is 1. The number of benzene rings is 2. The molecule has 1 aliphatic heterocycles. The van der Waals surface area contributed by atoms with E-state index >= 15 is 0 Å². The fourth-order valence-corrected chi connectivity index (χ4v) is 5.49. The zero-order valence-corrected chi connectivity index (χ0v) is 22.8. The quantitative estimate of drug-likeness (QED) is 0.257. The van der Waals surface area contributed by atoms with Crippen molar-refractivity contribution in [3.8, 4) is 0 Å². The lowest BCUT2D eigenvalue weighted by Crippen LogP contribution is -2.41. The summed E-state index contributed by atoms with van der Waals surface area (Å²) in [7, 11) is -3.80. The molecule has 0 radical (unpaired) electrons. The van der Waals surface area contributed by atoms with E-state index in [-0.39, 0.29) is 17.0 Å². The average molecular weight is 635 g/mol.